The van der Waals surface area contributed by atoms with Crippen LogP contribution in [0.5, 0.6) is 0 Å². The number of nitrogens with zero attached hydrogens (tertiary/aromatic N) is 1. The average Bonchev–Trinajstić information content (AvgIpc) is 2.29. The molecule has 0 spiro atoms. The number of pyridine rings is 1. The standard InChI is InChI=1S/C10H11FN2O2/c11-8-3-7(4-12-5-8)10(14)9-6-15-2-1-13-9/h3-5,9,13H,1-2,6H2. The lowest BCUT2D eigenvalue weighted by atomic mass is 10.1. The predicted molar refractivity (Wildman–Crippen MR) is 51.1 cm³/mol. The van der Waals surface area contributed by atoms with Crippen LogP contribution < -0.4 is 5.32 Å². The summed E-state index contributed by atoms with van der Waals surface area (Å²) in [5.74, 6) is -0.681. The summed E-state index contributed by atoms with van der Waals surface area (Å²) in [6, 6.07) is 0.799. The molecular formula is C10H11FN2O2. The van der Waals surface area contributed by atoms with Gasteiger partial charge in [-0.15, -0.1) is 0 Å². The summed E-state index contributed by atoms with van der Waals surface area (Å²) >= 11 is 0. The largest absolute Gasteiger partial charge is 0.378 e. The summed E-state index contributed by atoms with van der Waals surface area (Å²) in [5, 5.41) is 3.01. The summed E-state index contributed by atoms with van der Waals surface area (Å²) in [6.45, 7) is 1.57. The molecule has 80 valence electrons. The Morgan fingerprint density at radius 1 is 1.60 bits per heavy atom. The molecule has 0 aliphatic carbocycles. The van der Waals surface area contributed by atoms with Crippen molar-refractivity contribution in [2.45, 2.75) is 6.04 Å². The van der Waals surface area contributed by atoms with Crippen molar-refractivity contribution in [2.75, 3.05) is 19.8 Å². The van der Waals surface area contributed by atoms with Gasteiger partial charge in [0.15, 0.2) is 5.78 Å². The molecule has 0 saturated carbocycles. The van der Waals surface area contributed by atoms with E-state index in [9.17, 15) is 9.18 Å². The molecule has 0 radical (unpaired) electrons. The van der Waals surface area contributed by atoms with Crippen molar-refractivity contribution in [1.82, 2.24) is 10.3 Å². The zero-order chi connectivity index (χ0) is 10.7. The summed E-state index contributed by atoms with van der Waals surface area (Å²) < 4.78 is 18.0. The van der Waals surface area contributed by atoms with E-state index in [1.165, 1.54) is 12.3 Å². The third kappa shape index (κ3) is 2.37. The van der Waals surface area contributed by atoms with Crippen LogP contribution in [0.1, 0.15) is 10.4 Å². The molecule has 1 fully saturated rings. The first-order valence-corrected chi connectivity index (χ1v) is 4.73. The number of Topliss-reactive ketones (excluding diaryl/α,β-unsaturated/α-hetero) is 1. The molecule has 0 amide bonds. The van der Waals surface area contributed by atoms with Crippen LogP contribution in [0.3, 0.4) is 0 Å². The van der Waals surface area contributed by atoms with Gasteiger partial charge in [-0.1, -0.05) is 0 Å². The van der Waals surface area contributed by atoms with Crippen molar-refractivity contribution in [1.29, 1.82) is 0 Å². The molecule has 15 heavy (non-hydrogen) atoms. The monoisotopic (exact) mass is 210 g/mol. The summed E-state index contributed by atoms with van der Waals surface area (Å²) in [7, 11) is 0. The van der Waals surface area contributed by atoms with Crippen molar-refractivity contribution in [3.8, 4) is 0 Å². The molecule has 5 heteroatoms. The third-order valence-corrected chi connectivity index (χ3v) is 2.23. The van der Waals surface area contributed by atoms with Crippen molar-refractivity contribution in [2.24, 2.45) is 0 Å². The number of aromatic nitrogens is 1. The molecule has 1 saturated heterocycles. The SMILES string of the molecule is O=C(c1cncc(F)c1)C1COCCN1. The van der Waals surface area contributed by atoms with Crippen LogP contribution in [0.4, 0.5) is 4.39 Å². The van der Waals surface area contributed by atoms with Crippen molar-refractivity contribution < 1.29 is 13.9 Å². The van der Waals surface area contributed by atoms with Gasteiger partial charge in [0, 0.05) is 18.3 Å². The fourth-order valence-corrected chi connectivity index (χ4v) is 1.48. The molecule has 4 nitrogen and oxygen atoms in total. The Bertz CT molecular complexity index is 364. The lowest BCUT2D eigenvalue weighted by Crippen LogP contribution is -2.46. The van der Waals surface area contributed by atoms with Crippen LogP contribution in [0.25, 0.3) is 0 Å². The first-order chi connectivity index (χ1) is 7.27. The molecule has 1 N–H and O–H groups in total. The van der Waals surface area contributed by atoms with E-state index in [1.54, 1.807) is 0 Å². The molecule has 0 aromatic carbocycles. The molecule has 2 rings (SSSR count). The van der Waals surface area contributed by atoms with Crippen molar-refractivity contribution in [3.05, 3.63) is 29.8 Å². The number of ether oxygens (including phenoxy) is 1. The average molecular weight is 210 g/mol. The molecule has 1 atom stereocenters. The minimum absolute atomic E-state index is 0.179. The number of hydrogen-bond donors (Lipinski definition) is 1. The minimum Gasteiger partial charge on any atom is -0.378 e. The molecule has 1 aliphatic heterocycles. The molecular weight excluding hydrogens is 199 g/mol. The van der Waals surface area contributed by atoms with Crippen LogP contribution in [0, 0.1) is 5.82 Å². The van der Waals surface area contributed by atoms with E-state index in [4.69, 9.17) is 4.74 Å². The number of carbonyl (C=O) groups excluding carboxylic acids is 1. The quantitative estimate of drug-likeness (QED) is 0.717. The molecule has 0 bridgehead atoms. The van der Waals surface area contributed by atoms with E-state index >= 15 is 0 Å². The Hall–Kier alpha value is -1.33. The highest BCUT2D eigenvalue weighted by molar-refractivity contribution is 6.00. The van der Waals surface area contributed by atoms with E-state index in [1.807, 2.05) is 0 Å². The summed E-state index contributed by atoms with van der Waals surface area (Å²) in [4.78, 5) is 15.4. The fraction of sp³-hybridized carbons (Fsp3) is 0.400. The van der Waals surface area contributed by atoms with Gasteiger partial charge in [-0.2, -0.15) is 0 Å². The topological polar surface area (TPSA) is 51.2 Å². The van der Waals surface area contributed by atoms with Crippen LogP contribution in [0.2, 0.25) is 0 Å². The Balaban J connectivity index is 2.12. The van der Waals surface area contributed by atoms with E-state index in [-0.39, 0.29) is 17.4 Å². The number of morpholine rings is 1. The molecule has 2 heterocycles. The number of nitrogens with one attached hydrogen (secondary N) is 1. The first-order valence-electron chi connectivity index (χ1n) is 4.73. The number of halogens is 1. The first kappa shape index (κ1) is 10.2. The summed E-state index contributed by atoms with van der Waals surface area (Å²) in [6.07, 6.45) is 2.43. The molecule has 1 aromatic rings. The fourth-order valence-electron chi connectivity index (χ4n) is 1.48. The maximum absolute atomic E-state index is 12.8. The van der Waals surface area contributed by atoms with Gasteiger partial charge in [0.2, 0.25) is 0 Å². The number of hydrogen-bond acceptors (Lipinski definition) is 4. The highest BCUT2D eigenvalue weighted by atomic mass is 19.1. The van der Waals surface area contributed by atoms with Crippen LogP contribution in [-0.2, 0) is 4.74 Å². The zero-order valence-corrected chi connectivity index (χ0v) is 8.07. The van der Waals surface area contributed by atoms with Gasteiger partial charge >= 0.3 is 0 Å². The lowest BCUT2D eigenvalue weighted by molar-refractivity contribution is 0.0607. The smallest absolute Gasteiger partial charge is 0.183 e. The highest BCUT2D eigenvalue weighted by Gasteiger charge is 2.22. The van der Waals surface area contributed by atoms with Gasteiger partial charge in [-0.3, -0.25) is 9.78 Å². The Kier molecular flexibility index (Phi) is 3.03. The van der Waals surface area contributed by atoms with Gasteiger partial charge in [0.25, 0.3) is 0 Å². The van der Waals surface area contributed by atoms with Gasteiger partial charge < -0.3 is 10.1 Å². The minimum atomic E-state index is -0.502. The highest BCUT2D eigenvalue weighted by Crippen LogP contribution is 2.06. The Morgan fingerprint density at radius 2 is 2.47 bits per heavy atom. The van der Waals surface area contributed by atoms with Crippen LogP contribution in [-0.4, -0.2) is 36.6 Å². The van der Waals surface area contributed by atoms with E-state index in [2.05, 4.69) is 10.3 Å². The second kappa shape index (κ2) is 4.46. The van der Waals surface area contributed by atoms with E-state index in [0.29, 0.717) is 19.8 Å². The Labute approximate surface area is 86.5 Å². The van der Waals surface area contributed by atoms with E-state index < -0.39 is 5.82 Å². The zero-order valence-electron chi connectivity index (χ0n) is 8.07. The maximum Gasteiger partial charge on any atom is 0.183 e. The Morgan fingerprint density at radius 3 is 3.13 bits per heavy atom. The second-order valence-electron chi connectivity index (χ2n) is 3.34. The third-order valence-electron chi connectivity index (χ3n) is 2.23. The van der Waals surface area contributed by atoms with Crippen LogP contribution >= 0.6 is 0 Å². The molecule has 1 aliphatic rings. The predicted octanol–water partition coefficient (Wildman–Crippen LogP) is 0.392. The molecule has 1 unspecified atom stereocenters. The number of ketones is 1. The maximum atomic E-state index is 12.8. The number of rotatable bonds is 2. The lowest BCUT2D eigenvalue weighted by Gasteiger charge is -2.22. The van der Waals surface area contributed by atoms with Gasteiger partial charge in [0.1, 0.15) is 5.82 Å². The molecule has 1 aromatic heterocycles. The van der Waals surface area contributed by atoms with Gasteiger partial charge in [-0.05, 0) is 6.07 Å². The van der Waals surface area contributed by atoms with Crippen LogP contribution in [0.15, 0.2) is 18.5 Å². The normalized spacial score (nSPS) is 21.3. The second-order valence-corrected chi connectivity index (χ2v) is 3.34. The van der Waals surface area contributed by atoms with Crippen molar-refractivity contribution >= 4 is 5.78 Å². The number of carbonyl (C=O) groups is 1. The van der Waals surface area contributed by atoms with E-state index in [0.717, 1.165) is 6.20 Å². The van der Waals surface area contributed by atoms with Gasteiger partial charge in [-0.25, -0.2) is 4.39 Å². The van der Waals surface area contributed by atoms with Gasteiger partial charge in [0.05, 0.1) is 25.5 Å². The van der Waals surface area contributed by atoms with Crippen molar-refractivity contribution in [3.63, 3.8) is 0 Å². The summed E-state index contributed by atoms with van der Waals surface area (Å²) in [5.41, 5.74) is 0.276.